The molecule has 1 nitrogen and oxygen atoms in total. The van der Waals surface area contributed by atoms with Gasteiger partial charge in [-0.3, -0.25) is 0 Å². The van der Waals surface area contributed by atoms with Crippen molar-refractivity contribution in [2.75, 3.05) is 0 Å². The Kier molecular flexibility index (Phi) is 2.16. The Hall–Kier alpha value is -0.810. The highest BCUT2D eigenvalue weighted by Crippen LogP contribution is 2.30. The monoisotopic (exact) mass is 231 g/mol. The molecule has 0 atom stereocenters. The van der Waals surface area contributed by atoms with E-state index in [-0.39, 0.29) is 5.56 Å². The molecule has 0 amide bonds. The van der Waals surface area contributed by atoms with Gasteiger partial charge in [-0.2, -0.15) is 0 Å². The lowest BCUT2D eigenvalue weighted by atomic mass is 10.1. The second-order valence-electron chi connectivity index (χ2n) is 3.11. The Morgan fingerprint density at radius 3 is 2.79 bits per heavy atom. The first-order valence-electron chi connectivity index (χ1n) is 3.98. The molecule has 0 aliphatic rings. The first kappa shape index (κ1) is 9.73. The fraction of sp³-hybridized carbons (Fsp3) is 0.222. The van der Waals surface area contributed by atoms with E-state index in [1.165, 1.54) is 23.5 Å². The average Bonchev–Trinajstić information content (AvgIpc) is 2.41. The molecule has 0 radical (unpaired) electrons. The summed E-state index contributed by atoms with van der Waals surface area (Å²) in [6, 6.07) is 4.54. The summed E-state index contributed by atoms with van der Waals surface area (Å²) in [5.41, 5.74) is 0.688. The van der Waals surface area contributed by atoms with Crippen LogP contribution in [0.3, 0.4) is 0 Å². The molecule has 0 saturated carbocycles. The van der Waals surface area contributed by atoms with Crippen molar-refractivity contribution in [3.63, 3.8) is 0 Å². The van der Waals surface area contributed by atoms with Crippen LogP contribution in [0, 0.1) is 3.95 Å². The summed E-state index contributed by atoms with van der Waals surface area (Å²) in [4.78, 5) is 2.87. The van der Waals surface area contributed by atoms with Crippen molar-refractivity contribution >= 4 is 33.8 Å². The average molecular weight is 231 g/mol. The van der Waals surface area contributed by atoms with Crippen LogP contribution in [0.2, 0.25) is 0 Å². The van der Waals surface area contributed by atoms with Gasteiger partial charge in [-0.05, 0) is 24.4 Å². The van der Waals surface area contributed by atoms with Crippen LogP contribution in [0.25, 0.3) is 10.2 Å². The number of H-pyrrole nitrogens is 1. The largest absolute Gasteiger partial charge is 0.337 e. The molecule has 5 heteroatoms. The Labute approximate surface area is 88.4 Å². The Bertz CT molecular complexity index is 521. The molecule has 2 rings (SSSR count). The van der Waals surface area contributed by atoms with E-state index in [1.54, 1.807) is 6.07 Å². The quantitative estimate of drug-likeness (QED) is 0.731. The van der Waals surface area contributed by atoms with E-state index in [0.717, 1.165) is 11.6 Å². The van der Waals surface area contributed by atoms with Crippen LogP contribution in [0.5, 0.6) is 0 Å². The van der Waals surface area contributed by atoms with Gasteiger partial charge in [-0.25, -0.2) is 8.78 Å². The molecular weight excluding hydrogens is 224 g/mol. The van der Waals surface area contributed by atoms with Crippen LogP contribution < -0.4 is 0 Å². The van der Waals surface area contributed by atoms with Gasteiger partial charge in [0.1, 0.15) is 0 Å². The lowest BCUT2D eigenvalue weighted by Gasteiger charge is -2.09. The van der Waals surface area contributed by atoms with Crippen molar-refractivity contribution in [2.45, 2.75) is 12.8 Å². The second kappa shape index (κ2) is 3.10. The van der Waals surface area contributed by atoms with Crippen molar-refractivity contribution in [2.24, 2.45) is 0 Å². The zero-order valence-electron chi connectivity index (χ0n) is 7.30. The Balaban J connectivity index is 2.67. The summed E-state index contributed by atoms with van der Waals surface area (Å²) in [5, 5.41) is 0. The summed E-state index contributed by atoms with van der Waals surface area (Å²) in [6.07, 6.45) is 0. The molecular formula is C9H7F2NS2. The zero-order chi connectivity index (χ0) is 10.3. The SMILES string of the molecule is CC(F)(F)c1ccc2sc(=S)[nH]c2c1. The molecule has 14 heavy (non-hydrogen) atoms. The van der Waals surface area contributed by atoms with Crippen molar-refractivity contribution in [3.8, 4) is 0 Å². The normalized spacial score (nSPS) is 12.2. The number of thiazole rings is 1. The van der Waals surface area contributed by atoms with Gasteiger partial charge in [-0.15, -0.1) is 11.3 Å². The topological polar surface area (TPSA) is 15.8 Å². The van der Waals surface area contributed by atoms with Gasteiger partial charge < -0.3 is 4.98 Å². The molecule has 1 heterocycles. The van der Waals surface area contributed by atoms with Gasteiger partial charge in [0.2, 0.25) is 0 Å². The number of hydrogen-bond donors (Lipinski definition) is 1. The summed E-state index contributed by atoms with van der Waals surface area (Å²) >= 11 is 6.31. The molecule has 0 aliphatic carbocycles. The van der Waals surface area contributed by atoms with Crippen LogP contribution in [0.15, 0.2) is 18.2 Å². The van der Waals surface area contributed by atoms with Crippen molar-refractivity contribution in [1.82, 2.24) is 4.98 Å². The van der Waals surface area contributed by atoms with Gasteiger partial charge in [0.25, 0.3) is 5.92 Å². The highest BCUT2D eigenvalue weighted by atomic mass is 32.1. The van der Waals surface area contributed by atoms with E-state index >= 15 is 0 Å². The van der Waals surface area contributed by atoms with E-state index in [9.17, 15) is 8.78 Å². The number of aromatic nitrogens is 1. The van der Waals surface area contributed by atoms with Crippen LogP contribution in [-0.2, 0) is 5.92 Å². The number of nitrogens with one attached hydrogen (secondary N) is 1. The van der Waals surface area contributed by atoms with E-state index in [4.69, 9.17) is 12.2 Å². The maximum absolute atomic E-state index is 13.0. The van der Waals surface area contributed by atoms with Crippen molar-refractivity contribution < 1.29 is 8.78 Å². The number of halogens is 2. The summed E-state index contributed by atoms with van der Waals surface area (Å²) in [5.74, 6) is -2.80. The molecule has 0 fully saturated rings. The van der Waals surface area contributed by atoms with Gasteiger partial charge in [0.15, 0.2) is 3.95 Å². The predicted octanol–water partition coefficient (Wildman–Crippen LogP) is 4.07. The molecule has 74 valence electrons. The van der Waals surface area contributed by atoms with Crippen molar-refractivity contribution in [3.05, 3.63) is 27.7 Å². The number of rotatable bonds is 1. The van der Waals surface area contributed by atoms with E-state index in [1.807, 2.05) is 0 Å². The third kappa shape index (κ3) is 1.69. The Morgan fingerprint density at radius 1 is 1.43 bits per heavy atom. The minimum atomic E-state index is -2.80. The van der Waals surface area contributed by atoms with Gasteiger partial charge in [0.05, 0.1) is 10.2 Å². The van der Waals surface area contributed by atoms with E-state index in [0.29, 0.717) is 9.47 Å². The number of alkyl halides is 2. The zero-order valence-corrected chi connectivity index (χ0v) is 8.94. The van der Waals surface area contributed by atoms with Crippen LogP contribution in [0.4, 0.5) is 8.78 Å². The molecule has 0 spiro atoms. The number of benzene rings is 1. The van der Waals surface area contributed by atoms with Gasteiger partial charge in [-0.1, -0.05) is 6.07 Å². The minimum absolute atomic E-state index is 0.00838. The molecule has 0 saturated heterocycles. The van der Waals surface area contributed by atoms with E-state index < -0.39 is 5.92 Å². The molecule has 0 unspecified atom stereocenters. The molecule has 0 aliphatic heterocycles. The minimum Gasteiger partial charge on any atom is -0.337 e. The van der Waals surface area contributed by atoms with Gasteiger partial charge in [0, 0.05) is 12.5 Å². The maximum atomic E-state index is 13.0. The highest BCUT2D eigenvalue weighted by Gasteiger charge is 2.24. The smallest absolute Gasteiger partial charge is 0.270 e. The fourth-order valence-corrected chi connectivity index (χ4v) is 2.32. The Morgan fingerprint density at radius 2 is 2.14 bits per heavy atom. The van der Waals surface area contributed by atoms with Gasteiger partial charge >= 0.3 is 0 Å². The number of fused-ring (bicyclic) bond motifs is 1. The second-order valence-corrected chi connectivity index (χ2v) is 4.83. The third-order valence-electron chi connectivity index (χ3n) is 1.93. The summed E-state index contributed by atoms with van der Waals surface area (Å²) < 4.78 is 27.4. The lowest BCUT2D eigenvalue weighted by molar-refractivity contribution is 0.0176. The third-order valence-corrected chi connectivity index (χ3v) is 3.14. The fourth-order valence-electron chi connectivity index (χ4n) is 1.23. The maximum Gasteiger partial charge on any atom is 0.270 e. The van der Waals surface area contributed by atoms with Crippen molar-refractivity contribution in [1.29, 1.82) is 0 Å². The molecule has 2 aromatic rings. The lowest BCUT2D eigenvalue weighted by Crippen LogP contribution is -2.06. The summed E-state index contributed by atoms with van der Waals surface area (Å²) in [6.45, 7) is 0.884. The van der Waals surface area contributed by atoms with Crippen LogP contribution in [0.1, 0.15) is 12.5 Å². The van der Waals surface area contributed by atoms with Crippen LogP contribution in [-0.4, -0.2) is 4.98 Å². The predicted molar refractivity (Wildman–Crippen MR) is 56.6 cm³/mol. The number of aromatic amines is 1. The highest BCUT2D eigenvalue weighted by molar-refractivity contribution is 7.73. The van der Waals surface area contributed by atoms with Crippen LogP contribution >= 0.6 is 23.6 Å². The number of hydrogen-bond acceptors (Lipinski definition) is 2. The molecule has 1 aromatic heterocycles. The summed E-state index contributed by atoms with van der Waals surface area (Å²) in [7, 11) is 0. The molecule has 1 aromatic carbocycles. The standard InChI is InChI=1S/C9H7F2NS2/c1-9(10,11)5-2-3-7-6(4-5)12-8(13)14-7/h2-4H,1H3,(H,12,13). The molecule has 0 bridgehead atoms. The first-order chi connectivity index (χ1) is 6.47. The first-order valence-corrected chi connectivity index (χ1v) is 5.20. The molecule has 1 N–H and O–H groups in total. The van der Waals surface area contributed by atoms with E-state index in [2.05, 4.69) is 4.98 Å².